The van der Waals surface area contributed by atoms with Gasteiger partial charge in [-0.2, -0.15) is 13.2 Å². The van der Waals surface area contributed by atoms with E-state index in [2.05, 4.69) is 15.3 Å². The fourth-order valence-corrected chi connectivity index (χ4v) is 5.35. The number of carbonyl (C=O) groups is 1. The second-order valence-electron chi connectivity index (χ2n) is 10.7. The molecule has 44 heavy (non-hydrogen) atoms. The molecule has 226 valence electrons. The summed E-state index contributed by atoms with van der Waals surface area (Å²) < 4.78 is 71.3. The molecule has 3 aromatic heterocycles. The average molecular weight is 607 g/mol. The van der Waals surface area contributed by atoms with Gasteiger partial charge in [-0.05, 0) is 67.6 Å². The Morgan fingerprint density at radius 3 is 2.52 bits per heavy atom. The molecule has 12 heteroatoms. The monoisotopic (exact) mass is 606 g/mol. The number of amides is 1. The number of benzene rings is 2. The number of rotatable bonds is 7. The molecule has 0 saturated heterocycles. The zero-order valence-electron chi connectivity index (χ0n) is 23.5. The van der Waals surface area contributed by atoms with E-state index in [0.29, 0.717) is 16.5 Å². The van der Waals surface area contributed by atoms with E-state index in [0.717, 1.165) is 18.2 Å². The van der Waals surface area contributed by atoms with Crippen molar-refractivity contribution in [1.82, 2.24) is 19.9 Å². The summed E-state index contributed by atoms with van der Waals surface area (Å²) in [6, 6.07) is 15.9. The predicted molar refractivity (Wildman–Crippen MR) is 153 cm³/mol. The number of hydrogen-bond donors (Lipinski definition) is 2. The summed E-state index contributed by atoms with van der Waals surface area (Å²) in [5.41, 5.74) is -4.24. The number of ether oxygens (including phenoxy) is 2. The van der Waals surface area contributed by atoms with E-state index in [1.807, 2.05) is 0 Å². The van der Waals surface area contributed by atoms with Gasteiger partial charge in [0.05, 0.1) is 19.3 Å². The van der Waals surface area contributed by atoms with Crippen LogP contribution in [-0.2, 0) is 11.1 Å². The molecule has 0 radical (unpaired) electrons. The first kappa shape index (κ1) is 29.1. The number of carbonyl (C=O) groups excluding carboxylic acids is 1. The second kappa shape index (κ2) is 10.6. The smallest absolute Gasteiger partial charge is 0.424 e. The van der Waals surface area contributed by atoms with Gasteiger partial charge in [-0.3, -0.25) is 9.78 Å². The Morgan fingerprint density at radius 1 is 1.11 bits per heavy atom. The predicted octanol–water partition coefficient (Wildman–Crippen LogP) is 5.58. The average Bonchev–Trinajstić information content (AvgIpc) is 3.68. The van der Waals surface area contributed by atoms with Gasteiger partial charge in [0.15, 0.2) is 5.75 Å². The molecule has 6 rings (SSSR count). The number of halogens is 4. The fraction of sp³-hybridized carbons (Fsp3) is 0.219. The third kappa shape index (κ3) is 4.80. The lowest BCUT2D eigenvalue weighted by Gasteiger charge is -2.32. The van der Waals surface area contributed by atoms with Crippen molar-refractivity contribution in [2.75, 3.05) is 20.3 Å². The Morgan fingerprint density at radius 2 is 1.84 bits per heavy atom. The van der Waals surface area contributed by atoms with Crippen molar-refractivity contribution in [3.63, 3.8) is 0 Å². The number of alkyl halides is 3. The van der Waals surface area contributed by atoms with Crippen molar-refractivity contribution in [2.24, 2.45) is 0 Å². The van der Waals surface area contributed by atoms with E-state index in [9.17, 15) is 27.5 Å². The summed E-state index contributed by atoms with van der Waals surface area (Å²) >= 11 is 0. The van der Waals surface area contributed by atoms with Gasteiger partial charge in [0, 0.05) is 40.7 Å². The number of nitrogens with zero attached hydrogens (tertiary/aromatic N) is 3. The lowest BCUT2D eigenvalue weighted by atomic mass is 9.88. The summed E-state index contributed by atoms with van der Waals surface area (Å²) in [4.78, 5) is 21.6. The standard InChI is InChI=1S/C32H26F4N4O4/c1-30(40-12-3-4-13-40)18-44-28-23(30)16-25(39-27(28)19-7-9-22(33)10-8-19)31(42,32(34,35)36)17-38-29(41)21-14-20-6-5-11-37-26(20)24(15-21)43-2/h3-16,42H,17-18H2,1-2H3,(H,38,41)/t30-,31-/m0/s1. The van der Waals surface area contributed by atoms with E-state index < -0.39 is 41.3 Å². The number of aliphatic hydroxyl groups is 1. The second-order valence-corrected chi connectivity index (χ2v) is 10.7. The molecule has 0 spiro atoms. The van der Waals surface area contributed by atoms with Gasteiger partial charge < -0.3 is 24.5 Å². The van der Waals surface area contributed by atoms with E-state index in [4.69, 9.17) is 9.47 Å². The van der Waals surface area contributed by atoms with Crippen molar-refractivity contribution in [3.05, 3.63) is 108 Å². The van der Waals surface area contributed by atoms with Crippen LogP contribution in [0, 0.1) is 5.82 Å². The van der Waals surface area contributed by atoms with Crippen molar-refractivity contribution >= 4 is 16.8 Å². The molecule has 0 saturated carbocycles. The molecule has 0 aliphatic carbocycles. The highest BCUT2D eigenvalue weighted by Crippen LogP contribution is 2.48. The summed E-state index contributed by atoms with van der Waals surface area (Å²) in [6.07, 6.45) is -0.223. The van der Waals surface area contributed by atoms with Gasteiger partial charge in [0.1, 0.15) is 34.9 Å². The fourth-order valence-electron chi connectivity index (χ4n) is 5.35. The minimum atomic E-state index is -5.27. The van der Waals surface area contributed by atoms with Crippen LogP contribution < -0.4 is 14.8 Å². The van der Waals surface area contributed by atoms with Crippen LogP contribution in [0.15, 0.2) is 85.3 Å². The molecule has 2 aromatic carbocycles. The van der Waals surface area contributed by atoms with Gasteiger partial charge >= 0.3 is 6.18 Å². The van der Waals surface area contributed by atoms with E-state index in [-0.39, 0.29) is 34.9 Å². The van der Waals surface area contributed by atoms with Crippen LogP contribution in [0.4, 0.5) is 17.6 Å². The molecule has 5 aromatic rings. The lowest BCUT2D eigenvalue weighted by Crippen LogP contribution is -2.51. The van der Waals surface area contributed by atoms with Crippen molar-refractivity contribution in [3.8, 4) is 22.8 Å². The highest BCUT2D eigenvalue weighted by Gasteiger charge is 2.57. The zero-order valence-corrected chi connectivity index (χ0v) is 23.5. The highest BCUT2D eigenvalue weighted by molar-refractivity contribution is 5.99. The molecule has 1 aliphatic heterocycles. The molecular formula is C32H26F4N4O4. The van der Waals surface area contributed by atoms with Gasteiger partial charge in [-0.25, -0.2) is 9.37 Å². The third-order valence-corrected chi connectivity index (χ3v) is 7.89. The molecule has 0 bridgehead atoms. The van der Waals surface area contributed by atoms with Crippen LogP contribution >= 0.6 is 0 Å². The minimum absolute atomic E-state index is 0.00542. The normalized spacial score (nSPS) is 17.5. The molecule has 2 atom stereocenters. The molecule has 1 aliphatic rings. The topological polar surface area (TPSA) is 98.5 Å². The number of fused-ring (bicyclic) bond motifs is 2. The van der Waals surface area contributed by atoms with Gasteiger partial charge in [-0.1, -0.05) is 6.07 Å². The molecule has 1 amide bonds. The van der Waals surface area contributed by atoms with Crippen molar-refractivity contribution in [1.29, 1.82) is 0 Å². The number of hydrogen-bond acceptors (Lipinski definition) is 6. The maximum atomic E-state index is 14.8. The Hall–Kier alpha value is -4.97. The maximum absolute atomic E-state index is 14.8. The zero-order chi connectivity index (χ0) is 31.3. The molecular weight excluding hydrogens is 580 g/mol. The van der Waals surface area contributed by atoms with Crippen LogP contribution in [0.1, 0.15) is 28.5 Å². The third-order valence-electron chi connectivity index (χ3n) is 7.89. The lowest BCUT2D eigenvalue weighted by molar-refractivity contribution is -0.265. The molecule has 2 N–H and O–H groups in total. The Labute approximate surface area is 248 Å². The maximum Gasteiger partial charge on any atom is 0.424 e. The highest BCUT2D eigenvalue weighted by atomic mass is 19.4. The quantitative estimate of drug-likeness (QED) is 0.235. The molecule has 0 unspecified atom stereocenters. The first-order valence-electron chi connectivity index (χ1n) is 13.5. The SMILES string of the molecule is COc1cc(C(=O)NC[C@](O)(c2cc3c(c(-c4ccc(F)cc4)n2)OC[C@]3(C)n2cccc2)C(F)(F)F)cc2cccnc12. The van der Waals surface area contributed by atoms with Crippen LogP contribution in [0.25, 0.3) is 22.2 Å². The molecule has 8 nitrogen and oxygen atoms in total. The number of aromatic nitrogens is 3. The Bertz CT molecular complexity index is 1860. The first-order valence-corrected chi connectivity index (χ1v) is 13.5. The minimum Gasteiger partial charge on any atom is -0.494 e. The van der Waals surface area contributed by atoms with Crippen molar-refractivity contribution in [2.45, 2.75) is 24.2 Å². The largest absolute Gasteiger partial charge is 0.494 e. The van der Waals surface area contributed by atoms with Gasteiger partial charge in [0.25, 0.3) is 5.91 Å². The van der Waals surface area contributed by atoms with Crippen LogP contribution in [0.2, 0.25) is 0 Å². The first-order chi connectivity index (χ1) is 20.9. The summed E-state index contributed by atoms with van der Waals surface area (Å²) in [5, 5.41) is 14.2. The molecule has 0 fully saturated rings. The summed E-state index contributed by atoms with van der Waals surface area (Å²) in [6.45, 7) is 0.599. The number of nitrogens with one attached hydrogen (secondary N) is 1. The summed E-state index contributed by atoms with van der Waals surface area (Å²) in [7, 11) is 1.39. The number of pyridine rings is 2. The van der Waals surface area contributed by atoms with Crippen LogP contribution in [-0.4, -0.2) is 52.0 Å². The van der Waals surface area contributed by atoms with Crippen LogP contribution in [0.5, 0.6) is 11.5 Å². The Kier molecular flexibility index (Phi) is 7.04. The van der Waals surface area contributed by atoms with Gasteiger partial charge in [-0.15, -0.1) is 0 Å². The van der Waals surface area contributed by atoms with E-state index >= 15 is 0 Å². The van der Waals surface area contributed by atoms with Gasteiger partial charge in [0.2, 0.25) is 5.60 Å². The molecule has 4 heterocycles. The van der Waals surface area contributed by atoms with Crippen LogP contribution in [0.3, 0.4) is 0 Å². The Balaban J connectivity index is 1.44. The number of methoxy groups -OCH3 is 1. The summed E-state index contributed by atoms with van der Waals surface area (Å²) in [5.74, 6) is -0.956. The van der Waals surface area contributed by atoms with Crippen molar-refractivity contribution < 1.29 is 36.9 Å². The van der Waals surface area contributed by atoms with E-state index in [1.54, 1.807) is 54.3 Å². The van der Waals surface area contributed by atoms with E-state index in [1.165, 1.54) is 31.4 Å².